The first-order valence-electron chi connectivity index (χ1n) is 7.84. The molecule has 4 nitrogen and oxygen atoms in total. The smallest absolute Gasteiger partial charge is 0.246 e. The van der Waals surface area contributed by atoms with E-state index in [1.54, 1.807) is 13.8 Å². The summed E-state index contributed by atoms with van der Waals surface area (Å²) in [4.78, 5) is 24.0. The van der Waals surface area contributed by atoms with E-state index in [0.717, 1.165) is 12.8 Å². The molecule has 1 rings (SSSR count). The lowest BCUT2D eigenvalue weighted by atomic mass is 9.59. The molecule has 0 saturated heterocycles. The summed E-state index contributed by atoms with van der Waals surface area (Å²) in [5.41, 5.74) is 0.571. The van der Waals surface area contributed by atoms with Crippen molar-refractivity contribution in [1.82, 2.24) is 10.6 Å². The molecule has 1 aliphatic rings. The lowest BCUT2D eigenvalue weighted by Crippen LogP contribution is -2.63. The number of carbonyl (C=O) groups is 2. The molecule has 0 bridgehead atoms. The monoisotopic (exact) mass is 306 g/mol. The van der Waals surface area contributed by atoms with Crippen LogP contribution in [-0.2, 0) is 9.59 Å². The highest BCUT2D eigenvalue weighted by Gasteiger charge is 2.49. The van der Waals surface area contributed by atoms with Crippen LogP contribution in [0.2, 0.25) is 0 Å². The average molecular weight is 306 g/mol. The zero-order valence-electron chi connectivity index (χ0n) is 14.8. The molecule has 22 heavy (non-hydrogen) atoms. The Hall–Kier alpha value is -1.58. The second kappa shape index (κ2) is 6.27. The van der Waals surface area contributed by atoms with Gasteiger partial charge in [0.25, 0.3) is 0 Å². The van der Waals surface area contributed by atoms with Gasteiger partial charge < -0.3 is 10.6 Å². The van der Waals surface area contributed by atoms with E-state index >= 15 is 0 Å². The minimum absolute atomic E-state index is 0.0917. The Morgan fingerprint density at radius 2 is 1.50 bits per heavy atom. The van der Waals surface area contributed by atoms with Crippen molar-refractivity contribution < 1.29 is 9.59 Å². The third kappa shape index (κ3) is 3.79. The summed E-state index contributed by atoms with van der Waals surface area (Å²) in [6, 6.07) is 0.0917. The number of carbonyl (C=O) groups excluding carboxylic acids is 2. The van der Waals surface area contributed by atoms with Crippen molar-refractivity contribution in [2.75, 3.05) is 0 Å². The van der Waals surface area contributed by atoms with Gasteiger partial charge in [-0.25, -0.2) is 0 Å². The van der Waals surface area contributed by atoms with Gasteiger partial charge in [-0.3, -0.25) is 9.59 Å². The van der Waals surface area contributed by atoms with Crippen molar-refractivity contribution in [2.45, 2.75) is 66.0 Å². The van der Waals surface area contributed by atoms with Crippen LogP contribution in [-0.4, -0.2) is 23.4 Å². The van der Waals surface area contributed by atoms with Crippen molar-refractivity contribution >= 4 is 11.8 Å². The van der Waals surface area contributed by atoms with Gasteiger partial charge in [-0.15, -0.1) is 0 Å². The molecule has 3 atom stereocenters. The lowest BCUT2D eigenvalue weighted by molar-refractivity contribution is -0.124. The molecule has 0 aromatic rings. The standard InChI is InChI=1S/C18H30N2O2/c1-11(2)15(21)19-14-10-17(6,7)18(8,9-13(14)5)20-16(22)12(3)4/h13-14H,1,3,9-10H2,2,4-8H3,(H,19,21)(H,20,22). The van der Waals surface area contributed by atoms with Gasteiger partial charge in [0.05, 0.1) is 0 Å². The van der Waals surface area contributed by atoms with Crippen LogP contribution >= 0.6 is 0 Å². The fraction of sp³-hybridized carbons (Fsp3) is 0.667. The van der Waals surface area contributed by atoms with Gasteiger partial charge >= 0.3 is 0 Å². The van der Waals surface area contributed by atoms with E-state index in [2.05, 4.69) is 51.5 Å². The van der Waals surface area contributed by atoms with Crippen LogP contribution in [0.5, 0.6) is 0 Å². The van der Waals surface area contributed by atoms with Gasteiger partial charge in [0.15, 0.2) is 0 Å². The Kier molecular flexibility index (Phi) is 5.26. The van der Waals surface area contributed by atoms with E-state index < -0.39 is 0 Å². The molecular formula is C18H30N2O2. The highest BCUT2D eigenvalue weighted by molar-refractivity contribution is 5.93. The van der Waals surface area contributed by atoms with Gasteiger partial charge in [-0.05, 0) is 44.9 Å². The zero-order valence-corrected chi connectivity index (χ0v) is 14.8. The maximum absolute atomic E-state index is 12.1. The number of amides is 2. The normalized spacial score (nSPS) is 30.3. The van der Waals surface area contributed by atoms with Gasteiger partial charge in [-0.2, -0.15) is 0 Å². The lowest BCUT2D eigenvalue weighted by Gasteiger charge is -2.53. The number of rotatable bonds is 4. The molecular weight excluding hydrogens is 276 g/mol. The van der Waals surface area contributed by atoms with Crippen LogP contribution in [0.4, 0.5) is 0 Å². The predicted molar refractivity (Wildman–Crippen MR) is 90.3 cm³/mol. The summed E-state index contributed by atoms with van der Waals surface area (Å²) >= 11 is 0. The first-order valence-corrected chi connectivity index (χ1v) is 7.84. The molecule has 0 aromatic carbocycles. The molecule has 3 unspecified atom stereocenters. The Morgan fingerprint density at radius 3 is 1.95 bits per heavy atom. The van der Waals surface area contributed by atoms with E-state index in [9.17, 15) is 9.59 Å². The van der Waals surface area contributed by atoms with Crippen LogP contribution in [0, 0.1) is 11.3 Å². The molecule has 2 amide bonds. The van der Waals surface area contributed by atoms with Gasteiger partial charge in [0.2, 0.25) is 11.8 Å². The first-order chi connectivity index (χ1) is 9.89. The Bertz CT molecular complexity index is 507. The molecule has 0 aromatic heterocycles. The average Bonchev–Trinajstić information content (AvgIpc) is 2.35. The Balaban J connectivity index is 2.92. The van der Waals surface area contributed by atoms with E-state index in [4.69, 9.17) is 0 Å². The highest BCUT2D eigenvalue weighted by Crippen LogP contribution is 2.46. The third-order valence-electron chi connectivity index (χ3n) is 5.12. The molecule has 0 radical (unpaired) electrons. The molecule has 124 valence electrons. The second-order valence-electron chi connectivity index (χ2n) is 7.70. The van der Waals surface area contributed by atoms with Crippen molar-refractivity contribution in [1.29, 1.82) is 0 Å². The summed E-state index contributed by atoms with van der Waals surface area (Å²) in [6.45, 7) is 19.3. The molecule has 1 fully saturated rings. The number of hydrogen-bond acceptors (Lipinski definition) is 2. The summed E-state index contributed by atoms with van der Waals surface area (Å²) in [5, 5.41) is 6.21. The highest BCUT2D eigenvalue weighted by atomic mass is 16.2. The largest absolute Gasteiger partial charge is 0.349 e. The summed E-state index contributed by atoms with van der Waals surface area (Å²) in [7, 11) is 0. The topological polar surface area (TPSA) is 58.2 Å². The summed E-state index contributed by atoms with van der Waals surface area (Å²) in [6.07, 6.45) is 1.61. The van der Waals surface area contributed by atoms with Crippen LogP contribution in [0.15, 0.2) is 24.3 Å². The minimum atomic E-state index is -0.326. The number of nitrogens with one attached hydrogen (secondary N) is 2. The van der Waals surface area contributed by atoms with Gasteiger partial charge in [-0.1, -0.05) is 33.9 Å². The molecule has 0 heterocycles. The van der Waals surface area contributed by atoms with Crippen molar-refractivity contribution in [3.8, 4) is 0 Å². The molecule has 0 spiro atoms. The fourth-order valence-corrected chi connectivity index (χ4v) is 3.10. The summed E-state index contributed by atoms with van der Waals surface area (Å²) in [5.74, 6) is 0.0705. The minimum Gasteiger partial charge on any atom is -0.349 e. The first kappa shape index (κ1) is 18.5. The van der Waals surface area contributed by atoms with Gasteiger partial charge in [0, 0.05) is 22.7 Å². The van der Waals surface area contributed by atoms with Crippen LogP contribution in [0.3, 0.4) is 0 Å². The van der Waals surface area contributed by atoms with Crippen LogP contribution in [0.1, 0.15) is 54.4 Å². The number of hydrogen-bond donors (Lipinski definition) is 2. The second-order valence-corrected chi connectivity index (χ2v) is 7.70. The Morgan fingerprint density at radius 1 is 1.00 bits per heavy atom. The van der Waals surface area contributed by atoms with Crippen LogP contribution < -0.4 is 10.6 Å². The maximum Gasteiger partial charge on any atom is 0.246 e. The van der Waals surface area contributed by atoms with Crippen LogP contribution in [0.25, 0.3) is 0 Å². The van der Waals surface area contributed by atoms with Crippen molar-refractivity contribution in [2.24, 2.45) is 11.3 Å². The quantitative estimate of drug-likeness (QED) is 0.785. The van der Waals surface area contributed by atoms with E-state index in [0.29, 0.717) is 11.1 Å². The Labute approximate surface area is 134 Å². The molecule has 1 saturated carbocycles. The summed E-state index contributed by atoms with van der Waals surface area (Å²) < 4.78 is 0. The molecule has 4 heteroatoms. The SMILES string of the molecule is C=C(C)C(=O)NC1CC(C)(C)C(C)(NC(=O)C(=C)C)CC1C. The predicted octanol–water partition coefficient (Wildman–Crippen LogP) is 2.95. The van der Waals surface area contributed by atoms with Crippen molar-refractivity contribution in [3.63, 3.8) is 0 Å². The van der Waals surface area contributed by atoms with E-state index in [-0.39, 0.29) is 34.7 Å². The van der Waals surface area contributed by atoms with E-state index in [1.165, 1.54) is 0 Å². The fourth-order valence-electron chi connectivity index (χ4n) is 3.10. The molecule has 0 aliphatic heterocycles. The van der Waals surface area contributed by atoms with Gasteiger partial charge in [0.1, 0.15) is 0 Å². The molecule has 2 N–H and O–H groups in total. The third-order valence-corrected chi connectivity index (χ3v) is 5.12. The van der Waals surface area contributed by atoms with Crippen molar-refractivity contribution in [3.05, 3.63) is 24.3 Å². The molecule has 1 aliphatic carbocycles. The maximum atomic E-state index is 12.1. The zero-order chi connectivity index (χ0) is 17.3. The van der Waals surface area contributed by atoms with E-state index in [1.807, 2.05) is 0 Å².